The predicted octanol–water partition coefficient (Wildman–Crippen LogP) is 1.09. The molecule has 0 unspecified atom stereocenters. The molecule has 4 nitrogen and oxygen atoms in total. The van der Waals surface area contributed by atoms with Crippen LogP contribution in [0.1, 0.15) is 17.2 Å². The molecule has 2 aliphatic heterocycles. The number of methoxy groups -OCH3 is 1. The van der Waals surface area contributed by atoms with Crippen LogP contribution in [0.25, 0.3) is 0 Å². The quantitative estimate of drug-likeness (QED) is 0.862. The summed E-state index contributed by atoms with van der Waals surface area (Å²) in [5.41, 5.74) is 2.78. The van der Waals surface area contributed by atoms with Gasteiger partial charge in [-0.25, -0.2) is 0 Å². The monoisotopic (exact) mass is 261 g/mol. The number of likely N-dealkylation sites (N-methyl/N-ethyl adjacent to an activating group) is 1. The molecule has 0 bridgehead atoms. The summed E-state index contributed by atoms with van der Waals surface area (Å²) in [6.45, 7) is 6.57. The zero-order valence-electron chi connectivity index (χ0n) is 11.9. The topological polar surface area (TPSA) is 27.7 Å². The molecule has 104 valence electrons. The minimum absolute atomic E-state index is 0.452. The van der Waals surface area contributed by atoms with Crippen molar-refractivity contribution >= 4 is 0 Å². The summed E-state index contributed by atoms with van der Waals surface area (Å²) in [7, 11) is 3.98. The van der Waals surface area contributed by atoms with Crippen molar-refractivity contribution in [1.29, 1.82) is 0 Å². The lowest BCUT2D eigenvalue weighted by molar-refractivity contribution is 0.105. The standard InChI is InChI=1S/C15H23N3O/c1-17-6-8-18(9-7-17)13-11-16-10-12-4-3-5-14(19-2)15(12)13/h3-5,13,16H,6-11H2,1-2H3/t13-/m0/s1. The fourth-order valence-electron chi connectivity index (χ4n) is 3.19. The lowest BCUT2D eigenvalue weighted by Crippen LogP contribution is -2.49. The molecule has 0 aliphatic carbocycles. The molecule has 1 aromatic carbocycles. The van der Waals surface area contributed by atoms with Gasteiger partial charge < -0.3 is 15.0 Å². The predicted molar refractivity (Wildman–Crippen MR) is 76.5 cm³/mol. The SMILES string of the molecule is COc1cccc2c1[C@@H](N1CCN(C)CC1)CNC2. The van der Waals surface area contributed by atoms with Crippen molar-refractivity contribution in [1.82, 2.24) is 15.1 Å². The Bertz CT molecular complexity index is 427. The maximum Gasteiger partial charge on any atom is 0.124 e. The van der Waals surface area contributed by atoms with Crippen molar-refractivity contribution in [3.63, 3.8) is 0 Å². The van der Waals surface area contributed by atoms with Crippen molar-refractivity contribution in [2.45, 2.75) is 12.6 Å². The highest BCUT2D eigenvalue weighted by Gasteiger charge is 2.30. The third kappa shape index (κ3) is 2.48. The van der Waals surface area contributed by atoms with Gasteiger partial charge in [0.2, 0.25) is 0 Å². The first-order valence-corrected chi connectivity index (χ1v) is 7.08. The summed E-state index contributed by atoms with van der Waals surface area (Å²) in [4.78, 5) is 4.99. The number of nitrogens with zero attached hydrogens (tertiary/aromatic N) is 2. The van der Waals surface area contributed by atoms with Gasteiger partial charge in [0.05, 0.1) is 13.2 Å². The first-order chi connectivity index (χ1) is 9.29. The van der Waals surface area contributed by atoms with E-state index in [1.54, 1.807) is 7.11 Å². The van der Waals surface area contributed by atoms with Gasteiger partial charge in [0.1, 0.15) is 5.75 Å². The van der Waals surface area contributed by atoms with Gasteiger partial charge >= 0.3 is 0 Å². The fraction of sp³-hybridized carbons (Fsp3) is 0.600. The second kappa shape index (κ2) is 5.49. The average molecular weight is 261 g/mol. The van der Waals surface area contributed by atoms with E-state index in [1.165, 1.54) is 11.1 Å². The van der Waals surface area contributed by atoms with Crippen molar-refractivity contribution in [3.8, 4) is 5.75 Å². The van der Waals surface area contributed by atoms with Gasteiger partial charge in [-0.1, -0.05) is 12.1 Å². The number of hydrogen-bond acceptors (Lipinski definition) is 4. The van der Waals surface area contributed by atoms with Crippen molar-refractivity contribution in [2.24, 2.45) is 0 Å². The lowest BCUT2D eigenvalue weighted by atomic mass is 9.94. The molecule has 2 aliphatic rings. The first-order valence-electron chi connectivity index (χ1n) is 7.08. The van der Waals surface area contributed by atoms with Crippen LogP contribution in [-0.4, -0.2) is 56.7 Å². The number of benzene rings is 1. The van der Waals surface area contributed by atoms with Gasteiger partial charge in [0, 0.05) is 44.8 Å². The molecule has 1 aromatic rings. The summed E-state index contributed by atoms with van der Waals surface area (Å²) < 4.78 is 5.59. The highest BCUT2D eigenvalue weighted by atomic mass is 16.5. The highest BCUT2D eigenvalue weighted by Crippen LogP contribution is 2.35. The van der Waals surface area contributed by atoms with Crippen LogP contribution in [0.15, 0.2) is 18.2 Å². The Labute approximate surface area is 115 Å². The molecule has 1 N–H and O–H groups in total. The molecule has 1 saturated heterocycles. The van der Waals surface area contributed by atoms with Crippen molar-refractivity contribution in [3.05, 3.63) is 29.3 Å². The van der Waals surface area contributed by atoms with E-state index in [9.17, 15) is 0 Å². The molecular weight excluding hydrogens is 238 g/mol. The van der Waals surface area contributed by atoms with Crippen LogP contribution in [0, 0.1) is 0 Å². The minimum Gasteiger partial charge on any atom is -0.496 e. The van der Waals surface area contributed by atoms with Gasteiger partial charge in [-0.2, -0.15) is 0 Å². The Morgan fingerprint density at radius 2 is 2.00 bits per heavy atom. The number of ether oxygens (including phenoxy) is 1. The van der Waals surface area contributed by atoms with Crippen molar-refractivity contribution < 1.29 is 4.74 Å². The highest BCUT2D eigenvalue weighted by molar-refractivity contribution is 5.44. The zero-order valence-corrected chi connectivity index (χ0v) is 11.9. The average Bonchev–Trinajstić information content (AvgIpc) is 2.47. The van der Waals surface area contributed by atoms with Gasteiger partial charge in [-0.15, -0.1) is 0 Å². The zero-order chi connectivity index (χ0) is 13.2. The molecule has 0 aromatic heterocycles. The summed E-state index contributed by atoms with van der Waals surface area (Å²) in [6, 6.07) is 6.85. The second-order valence-corrected chi connectivity index (χ2v) is 5.52. The molecule has 19 heavy (non-hydrogen) atoms. The molecule has 1 fully saturated rings. The van der Waals surface area contributed by atoms with E-state index in [-0.39, 0.29) is 0 Å². The van der Waals surface area contributed by atoms with Crippen LogP contribution in [0.5, 0.6) is 5.75 Å². The van der Waals surface area contributed by atoms with E-state index in [0.717, 1.165) is 45.0 Å². The maximum atomic E-state index is 5.59. The van der Waals surface area contributed by atoms with E-state index < -0.39 is 0 Å². The lowest BCUT2D eigenvalue weighted by Gasteiger charge is -2.41. The molecule has 0 radical (unpaired) electrons. The van der Waals surface area contributed by atoms with Crippen LogP contribution in [0.3, 0.4) is 0 Å². The third-order valence-corrected chi connectivity index (χ3v) is 4.34. The summed E-state index contributed by atoms with van der Waals surface area (Å²) in [6.07, 6.45) is 0. The van der Waals surface area contributed by atoms with Crippen molar-refractivity contribution in [2.75, 3.05) is 46.9 Å². The van der Waals surface area contributed by atoms with Gasteiger partial charge in [-0.3, -0.25) is 4.90 Å². The Hall–Kier alpha value is -1.10. The Morgan fingerprint density at radius 3 is 2.74 bits per heavy atom. The van der Waals surface area contributed by atoms with Crippen LogP contribution < -0.4 is 10.1 Å². The summed E-state index contributed by atoms with van der Waals surface area (Å²) >= 11 is 0. The third-order valence-electron chi connectivity index (χ3n) is 4.34. The maximum absolute atomic E-state index is 5.59. The van der Waals surface area contributed by atoms with Crippen LogP contribution in [0.4, 0.5) is 0 Å². The minimum atomic E-state index is 0.452. The van der Waals surface area contributed by atoms with Crippen LogP contribution in [0.2, 0.25) is 0 Å². The molecule has 3 rings (SSSR count). The number of piperazine rings is 1. The van der Waals surface area contributed by atoms with Gasteiger partial charge in [0.25, 0.3) is 0 Å². The molecule has 4 heteroatoms. The molecular formula is C15H23N3O. The van der Waals surface area contributed by atoms with E-state index >= 15 is 0 Å². The van der Waals surface area contributed by atoms with Gasteiger partial charge in [-0.05, 0) is 18.7 Å². The first kappa shape index (κ1) is 12.9. The Morgan fingerprint density at radius 1 is 1.21 bits per heavy atom. The van der Waals surface area contributed by atoms with E-state index in [0.29, 0.717) is 6.04 Å². The molecule has 1 atom stereocenters. The Balaban J connectivity index is 1.89. The Kier molecular flexibility index (Phi) is 3.73. The van der Waals surface area contributed by atoms with E-state index in [4.69, 9.17) is 4.74 Å². The number of nitrogens with one attached hydrogen (secondary N) is 1. The number of fused-ring (bicyclic) bond motifs is 1. The smallest absolute Gasteiger partial charge is 0.124 e. The normalized spacial score (nSPS) is 25.1. The van der Waals surface area contributed by atoms with E-state index in [1.807, 2.05) is 0 Å². The second-order valence-electron chi connectivity index (χ2n) is 5.52. The molecule has 0 spiro atoms. The number of rotatable bonds is 2. The molecule has 0 saturated carbocycles. The number of hydrogen-bond donors (Lipinski definition) is 1. The summed E-state index contributed by atoms with van der Waals surface area (Å²) in [5.74, 6) is 1.04. The van der Waals surface area contributed by atoms with E-state index in [2.05, 4.69) is 40.4 Å². The fourth-order valence-corrected chi connectivity index (χ4v) is 3.19. The van der Waals surface area contributed by atoms with Crippen LogP contribution in [-0.2, 0) is 6.54 Å². The molecule has 2 heterocycles. The van der Waals surface area contributed by atoms with Gasteiger partial charge in [0.15, 0.2) is 0 Å². The molecule has 0 amide bonds. The largest absolute Gasteiger partial charge is 0.496 e. The summed E-state index contributed by atoms with van der Waals surface area (Å²) in [5, 5.41) is 3.54. The van der Waals surface area contributed by atoms with Crippen LogP contribution >= 0.6 is 0 Å².